The third kappa shape index (κ3) is 5.58. The number of rotatable bonds is 7. The molecule has 0 saturated carbocycles. The molecule has 0 atom stereocenters. The van der Waals surface area contributed by atoms with Crippen molar-refractivity contribution in [3.63, 3.8) is 0 Å². The molecule has 32 heavy (non-hydrogen) atoms. The summed E-state index contributed by atoms with van der Waals surface area (Å²) >= 11 is 13.6. The summed E-state index contributed by atoms with van der Waals surface area (Å²) < 4.78 is 7.59. The highest BCUT2D eigenvalue weighted by Gasteiger charge is 2.26. The van der Waals surface area contributed by atoms with Gasteiger partial charge in [0.15, 0.2) is 0 Å². The maximum absolute atomic E-state index is 12.9. The van der Waals surface area contributed by atoms with Crippen molar-refractivity contribution in [2.24, 2.45) is 0 Å². The van der Waals surface area contributed by atoms with Gasteiger partial charge < -0.3 is 14.9 Å². The molecular formula is C24H20Br4O4. The second-order valence-electron chi connectivity index (χ2n) is 7.18. The number of phenols is 2. The molecular weight excluding hydrogens is 672 g/mol. The fourth-order valence-electron chi connectivity index (χ4n) is 3.38. The van der Waals surface area contributed by atoms with Crippen LogP contribution in [-0.4, -0.2) is 22.8 Å². The van der Waals surface area contributed by atoms with Crippen molar-refractivity contribution in [2.45, 2.75) is 25.7 Å². The molecule has 0 heterocycles. The number of benzene rings is 3. The maximum Gasteiger partial charge on any atom is 0.338 e. The SMILES string of the molecule is CCCCOC(=O)c1ccccc1C(c1cc(Br)c(O)c(Br)c1)c1cc(Br)c(O)c(Br)c1. The van der Waals surface area contributed by atoms with Crippen LogP contribution >= 0.6 is 63.7 Å². The normalized spacial score (nSPS) is 11.1. The highest BCUT2D eigenvalue weighted by molar-refractivity contribution is 9.11. The highest BCUT2D eigenvalue weighted by Crippen LogP contribution is 2.43. The Morgan fingerprint density at radius 3 is 1.81 bits per heavy atom. The molecule has 0 aliphatic rings. The number of unbranched alkanes of at least 4 members (excludes halogenated alkanes) is 1. The Morgan fingerprint density at radius 2 is 1.34 bits per heavy atom. The molecule has 2 N–H and O–H groups in total. The van der Waals surface area contributed by atoms with Gasteiger partial charge >= 0.3 is 5.97 Å². The minimum absolute atomic E-state index is 0.0906. The third-order valence-electron chi connectivity index (χ3n) is 4.97. The van der Waals surface area contributed by atoms with E-state index < -0.39 is 0 Å². The van der Waals surface area contributed by atoms with E-state index in [9.17, 15) is 15.0 Å². The minimum atomic E-state index is -0.383. The zero-order chi connectivity index (χ0) is 23.4. The van der Waals surface area contributed by atoms with Crippen molar-refractivity contribution >= 4 is 69.7 Å². The number of hydrogen-bond acceptors (Lipinski definition) is 4. The first-order valence-corrected chi connectivity index (χ1v) is 13.0. The van der Waals surface area contributed by atoms with Crippen molar-refractivity contribution in [1.82, 2.24) is 0 Å². The van der Waals surface area contributed by atoms with E-state index in [0.717, 1.165) is 29.5 Å². The topological polar surface area (TPSA) is 66.8 Å². The Bertz CT molecular complexity index is 1040. The number of halogens is 4. The first-order chi connectivity index (χ1) is 15.2. The Hall–Kier alpha value is -1.35. The fourth-order valence-corrected chi connectivity index (χ4v) is 5.82. The molecule has 8 heteroatoms. The molecule has 0 fully saturated rings. The number of phenolic OH excluding ortho intramolecular Hbond substituents is 2. The minimum Gasteiger partial charge on any atom is -0.506 e. The van der Waals surface area contributed by atoms with Crippen LogP contribution in [0.3, 0.4) is 0 Å². The van der Waals surface area contributed by atoms with E-state index in [2.05, 4.69) is 63.7 Å². The van der Waals surface area contributed by atoms with Crippen LogP contribution in [0, 0.1) is 0 Å². The van der Waals surface area contributed by atoms with Gasteiger partial charge in [-0.1, -0.05) is 31.5 Å². The van der Waals surface area contributed by atoms with Crippen molar-refractivity contribution in [3.8, 4) is 11.5 Å². The number of esters is 1. The number of ether oxygens (including phenoxy) is 1. The van der Waals surface area contributed by atoms with Crippen LogP contribution in [-0.2, 0) is 4.74 Å². The van der Waals surface area contributed by atoms with Crippen molar-refractivity contribution < 1.29 is 19.7 Å². The van der Waals surface area contributed by atoms with Gasteiger partial charge in [0.25, 0.3) is 0 Å². The lowest BCUT2D eigenvalue weighted by Crippen LogP contribution is -2.13. The highest BCUT2D eigenvalue weighted by atomic mass is 79.9. The molecule has 0 amide bonds. The largest absolute Gasteiger partial charge is 0.506 e. The van der Waals surface area contributed by atoms with Crippen LogP contribution < -0.4 is 0 Å². The average Bonchev–Trinajstić information content (AvgIpc) is 2.76. The average molecular weight is 692 g/mol. The van der Waals surface area contributed by atoms with Crippen LogP contribution in [0.5, 0.6) is 11.5 Å². The molecule has 0 bridgehead atoms. The lowest BCUT2D eigenvalue weighted by Gasteiger charge is -2.23. The summed E-state index contributed by atoms with van der Waals surface area (Å²) in [6, 6.07) is 14.6. The molecule has 0 spiro atoms. The van der Waals surface area contributed by atoms with Crippen LogP contribution in [0.25, 0.3) is 0 Å². The molecule has 0 aromatic heterocycles. The van der Waals surface area contributed by atoms with Gasteiger partial charge in [-0.05, 0) is 117 Å². The number of hydrogen-bond donors (Lipinski definition) is 2. The summed E-state index contributed by atoms with van der Waals surface area (Å²) in [7, 11) is 0. The molecule has 3 aromatic rings. The van der Waals surface area contributed by atoms with Gasteiger partial charge in [0.1, 0.15) is 11.5 Å². The Kier molecular flexibility index (Phi) is 8.83. The summed E-state index contributed by atoms with van der Waals surface area (Å²) in [6.07, 6.45) is 1.73. The van der Waals surface area contributed by atoms with Crippen LogP contribution in [0.2, 0.25) is 0 Å². The van der Waals surface area contributed by atoms with Crippen LogP contribution in [0.4, 0.5) is 0 Å². The third-order valence-corrected chi connectivity index (χ3v) is 7.39. The van der Waals surface area contributed by atoms with Gasteiger partial charge in [-0.2, -0.15) is 0 Å². The number of carbonyl (C=O) groups is 1. The smallest absolute Gasteiger partial charge is 0.338 e. The van der Waals surface area contributed by atoms with Crippen molar-refractivity contribution in [1.29, 1.82) is 0 Å². The molecule has 4 nitrogen and oxygen atoms in total. The van der Waals surface area contributed by atoms with Crippen molar-refractivity contribution in [3.05, 3.63) is 88.7 Å². The Morgan fingerprint density at radius 1 is 0.875 bits per heavy atom. The van der Waals surface area contributed by atoms with E-state index >= 15 is 0 Å². The van der Waals surface area contributed by atoms with Crippen molar-refractivity contribution in [2.75, 3.05) is 6.61 Å². The predicted octanol–water partition coefficient (Wildman–Crippen LogP) is 8.28. The van der Waals surface area contributed by atoms with E-state index in [1.165, 1.54) is 0 Å². The summed E-state index contributed by atoms with van der Waals surface area (Å²) in [5, 5.41) is 20.5. The molecule has 3 rings (SSSR count). The molecule has 0 radical (unpaired) electrons. The van der Waals surface area contributed by atoms with E-state index in [1.54, 1.807) is 6.07 Å². The monoisotopic (exact) mass is 688 g/mol. The standard InChI is InChI=1S/C24H20Br4O4/c1-2-3-8-32-24(31)16-7-5-4-6-15(16)21(13-9-17(25)22(29)18(26)10-13)14-11-19(27)23(30)20(28)12-14/h4-7,9-12,21,29-30H,2-3,8H2,1H3. The summed E-state index contributed by atoms with van der Waals surface area (Å²) in [6.45, 7) is 2.40. The van der Waals surface area contributed by atoms with Gasteiger partial charge in [0.05, 0.1) is 30.1 Å². The first kappa shape index (κ1) is 25.3. The predicted molar refractivity (Wildman–Crippen MR) is 140 cm³/mol. The Balaban J connectivity index is 2.23. The Labute approximate surface area is 220 Å². The zero-order valence-corrected chi connectivity index (χ0v) is 23.4. The van der Waals surface area contributed by atoms with E-state index in [4.69, 9.17) is 4.74 Å². The van der Waals surface area contributed by atoms with Gasteiger partial charge in [-0.15, -0.1) is 0 Å². The maximum atomic E-state index is 12.9. The summed E-state index contributed by atoms with van der Waals surface area (Å²) in [5.41, 5.74) is 2.89. The fraction of sp³-hybridized carbons (Fsp3) is 0.208. The van der Waals surface area contributed by atoms with Gasteiger partial charge in [-0.25, -0.2) is 4.79 Å². The summed E-state index contributed by atoms with van der Waals surface area (Å²) in [5.74, 6) is -0.583. The molecule has 0 aliphatic heterocycles. The van der Waals surface area contributed by atoms with Gasteiger partial charge in [0, 0.05) is 5.92 Å². The second-order valence-corrected chi connectivity index (χ2v) is 10.6. The molecule has 0 saturated heterocycles. The first-order valence-electron chi connectivity index (χ1n) is 9.86. The van der Waals surface area contributed by atoms with Gasteiger partial charge in [0.2, 0.25) is 0 Å². The van der Waals surface area contributed by atoms with E-state index in [-0.39, 0.29) is 23.4 Å². The van der Waals surface area contributed by atoms with E-state index in [1.807, 2.05) is 49.4 Å². The lowest BCUT2D eigenvalue weighted by atomic mass is 9.82. The quantitative estimate of drug-likeness (QED) is 0.149. The second kappa shape index (κ2) is 11.2. The van der Waals surface area contributed by atoms with Crippen LogP contribution in [0.1, 0.15) is 52.7 Å². The molecule has 0 unspecified atom stereocenters. The summed E-state index contributed by atoms with van der Waals surface area (Å²) in [4.78, 5) is 12.9. The number of carbonyl (C=O) groups excluding carboxylic acids is 1. The molecule has 168 valence electrons. The molecule has 3 aromatic carbocycles. The zero-order valence-electron chi connectivity index (χ0n) is 17.0. The molecule has 0 aliphatic carbocycles. The lowest BCUT2D eigenvalue weighted by molar-refractivity contribution is 0.0498. The van der Waals surface area contributed by atoms with Gasteiger partial charge in [-0.3, -0.25) is 0 Å². The van der Waals surface area contributed by atoms with E-state index in [0.29, 0.717) is 30.1 Å². The van der Waals surface area contributed by atoms with Crippen LogP contribution in [0.15, 0.2) is 66.4 Å². The number of aromatic hydroxyl groups is 2.